The largest absolute Gasteiger partial charge is 0.478 e. The molecule has 0 unspecified atom stereocenters. The Balaban J connectivity index is 1.47. The number of amides is 3. The standard InChI is InChI=1S/C27H35N5O6/c1-16(17-7-9-18(10-8-17)25(35)36)32-20-12-22(24(32)34)30(14-20)15-21(29-26(37)38-27(2,3)4)23(33)31-11-5-6-19(31)13-28/h7-10,16,19-22H,5-6,11-12,14-15H2,1-4H3,(H,29,37)(H,35,36)/t16-,19+,20-,21+,22-/m1/s1. The van der Waals surface area contributed by atoms with Gasteiger partial charge in [-0.2, -0.15) is 5.26 Å². The maximum absolute atomic E-state index is 13.5. The summed E-state index contributed by atoms with van der Waals surface area (Å²) in [5.41, 5.74) is 0.285. The van der Waals surface area contributed by atoms with Crippen LogP contribution in [0.25, 0.3) is 0 Å². The van der Waals surface area contributed by atoms with Crippen LogP contribution in [0.15, 0.2) is 24.3 Å². The van der Waals surface area contributed by atoms with Crippen molar-refractivity contribution in [2.45, 2.75) is 82.8 Å². The van der Waals surface area contributed by atoms with Gasteiger partial charge in [-0.1, -0.05) is 12.1 Å². The molecule has 2 N–H and O–H groups in total. The lowest BCUT2D eigenvalue weighted by Gasteiger charge is -2.39. The number of nitrogens with one attached hydrogen (secondary N) is 1. The van der Waals surface area contributed by atoms with Crippen molar-refractivity contribution in [1.82, 2.24) is 20.0 Å². The zero-order chi connectivity index (χ0) is 27.8. The maximum atomic E-state index is 13.5. The number of ether oxygens (including phenoxy) is 1. The van der Waals surface area contributed by atoms with E-state index in [1.54, 1.807) is 32.9 Å². The molecular formula is C27H35N5O6. The summed E-state index contributed by atoms with van der Waals surface area (Å²) in [6.07, 6.45) is 1.19. The molecule has 3 heterocycles. The Bertz CT molecular complexity index is 1140. The number of rotatable bonds is 7. The van der Waals surface area contributed by atoms with Crippen molar-refractivity contribution in [2.75, 3.05) is 19.6 Å². The summed E-state index contributed by atoms with van der Waals surface area (Å²) >= 11 is 0. The van der Waals surface area contributed by atoms with E-state index in [-0.39, 0.29) is 36.0 Å². The first-order valence-electron chi connectivity index (χ1n) is 13.0. The Morgan fingerprint density at radius 3 is 2.50 bits per heavy atom. The van der Waals surface area contributed by atoms with Crippen LogP contribution in [0.3, 0.4) is 0 Å². The second-order valence-electron chi connectivity index (χ2n) is 11.2. The van der Waals surface area contributed by atoms with Gasteiger partial charge < -0.3 is 25.0 Å². The fourth-order valence-corrected chi connectivity index (χ4v) is 5.70. The summed E-state index contributed by atoms with van der Waals surface area (Å²) in [6.45, 7) is 8.24. The molecule has 1 aromatic carbocycles. The van der Waals surface area contributed by atoms with E-state index in [9.17, 15) is 24.4 Å². The van der Waals surface area contributed by atoms with Gasteiger partial charge in [-0.25, -0.2) is 9.59 Å². The van der Waals surface area contributed by atoms with Crippen LogP contribution >= 0.6 is 0 Å². The second kappa shape index (κ2) is 10.6. The number of likely N-dealkylation sites (tertiary alicyclic amines) is 3. The van der Waals surface area contributed by atoms with Gasteiger partial charge in [0.25, 0.3) is 0 Å². The first-order chi connectivity index (χ1) is 17.9. The van der Waals surface area contributed by atoms with E-state index < -0.39 is 35.8 Å². The van der Waals surface area contributed by atoms with Crippen LogP contribution in [-0.2, 0) is 14.3 Å². The zero-order valence-electron chi connectivity index (χ0n) is 22.2. The minimum absolute atomic E-state index is 0.0596. The van der Waals surface area contributed by atoms with Crippen molar-refractivity contribution in [3.63, 3.8) is 0 Å². The lowest BCUT2D eigenvalue weighted by atomic mass is 10.0. The van der Waals surface area contributed by atoms with E-state index >= 15 is 0 Å². The number of piperazine rings is 1. The number of hydrogen-bond acceptors (Lipinski definition) is 7. The van der Waals surface area contributed by atoms with E-state index in [4.69, 9.17) is 9.84 Å². The second-order valence-corrected chi connectivity index (χ2v) is 11.2. The van der Waals surface area contributed by atoms with Gasteiger partial charge in [-0.3, -0.25) is 14.5 Å². The third kappa shape index (κ3) is 5.60. The summed E-state index contributed by atoms with van der Waals surface area (Å²) < 4.78 is 5.39. The molecule has 3 saturated heterocycles. The normalized spacial score (nSPS) is 24.7. The highest BCUT2D eigenvalue weighted by molar-refractivity contribution is 5.89. The summed E-state index contributed by atoms with van der Waals surface area (Å²) in [6, 6.07) is 6.46. The average molecular weight is 526 g/mol. The van der Waals surface area contributed by atoms with Crippen molar-refractivity contribution in [3.8, 4) is 6.07 Å². The number of carboxylic acid groups (broad SMARTS) is 1. The zero-order valence-corrected chi connectivity index (χ0v) is 22.2. The minimum Gasteiger partial charge on any atom is -0.478 e. The highest BCUT2D eigenvalue weighted by Crippen LogP contribution is 2.38. The van der Waals surface area contributed by atoms with Gasteiger partial charge in [0, 0.05) is 25.7 Å². The van der Waals surface area contributed by atoms with Crippen LogP contribution in [0.2, 0.25) is 0 Å². The Kier molecular flexibility index (Phi) is 7.65. The van der Waals surface area contributed by atoms with E-state index in [0.717, 1.165) is 12.0 Å². The van der Waals surface area contributed by atoms with Gasteiger partial charge in [0.15, 0.2) is 0 Å². The van der Waals surface area contributed by atoms with Crippen LogP contribution in [0.5, 0.6) is 0 Å². The molecule has 3 aliphatic heterocycles. The lowest BCUT2D eigenvalue weighted by molar-refractivity contribution is -0.141. The number of aromatic carboxylic acids is 1. The maximum Gasteiger partial charge on any atom is 0.408 e. The predicted molar refractivity (Wildman–Crippen MR) is 136 cm³/mol. The quantitative estimate of drug-likeness (QED) is 0.551. The Hall–Kier alpha value is -3.65. The molecular weight excluding hydrogens is 490 g/mol. The third-order valence-corrected chi connectivity index (χ3v) is 7.46. The molecule has 3 fully saturated rings. The minimum atomic E-state index is -1.00. The fraction of sp³-hybridized carbons (Fsp3) is 0.593. The number of hydrogen-bond donors (Lipinski definition) is 2. The van der Waals surface area contributed by atoms with Gasteiger partial charge in [0.05, 0.1) is 23.7 Å². The van der Waals surface area contributed by atoms with Gasteiger partial charge in [-0.15, -0.1) is 0 Å². The number of carboxylic acids is 1. The molecule has 0 radical (unpaired) electrons. The van der Waals surface area contributed by atoms with Crippen molar-refractivity contribution in [1.29, 1.82) is 5.26 Å². The molecule has 2 bridgehead atoms. The molecule has 11 heteroatoms. The van der Waals surface area contributed by atoms with E-state index in [0.29, 0.717) is 25.9 Å². The highest BCUT2D eigenvalue weighted by Gasteiger charge is 2.52. The molecule has 0 spiro atoms. The van der Waals surface area contributed by atoms with Gasteiger partial charge in [0.1, 0.15) is 17.7 Å². The van der Waals surface area contributed by atoms with Crippen molar-refractivity contribution in [3.05, 3.63) is 35.4 Å². The monoisotopic (exact) mass is 525 g/mol. The van der Waals surface area contributed by atoms with Crippen LogP contribution in [0.1, 0.15) is 68.9 Å². The summed E-state index contributed by atoms with van der Waals surface area (Å²) in [4.78, 5) is 55.9. The molecule has 5 atom stereocenters. The molecule has 0 aromatic heterocycles. The molecule has 204 valence electrons. The van der Waals surface area contributed by atoms with Gasteiger partial charge in [-0.05, 0) is 64.7 Å². The number of nitrogens with zero attached hydrogens (tertiary/aromatic N) is 4. The number of benzene rings is 1. The molecule has 0 aliphatic carbocycles. The predicted octanol–water partition coefficient (Wildman–Crippen LogP) is 2.14. The number of fused-ring (bicyclic) bond motifs is 2. The highest BCUT2D eigenvalue weighted by atomic mass is 16.6. The Morgan fingerprint density at radius 2 is 1.92 bits per heavy atom. The summed E-state index contributed by atoms with van der Waals surface area (Å²) in [5.74, 6) is -1.41. The first-order valence-corrected chi connectivity index (χ1v) is 13.0. The number of carbonyl (C=O) groups is 4. The van der Waals surface area contributed by atoms with Crippen LogP contribution < -0.4 is 5.32 Å². The fourth-order valence-electron chi connectivity index (χ4n) is 5.70. The average Bonchev–Trinajstić information content (AvgIpc) is 3.56. The van der Waals surface area contributed by atoms with Crippen molar-refractivity contribution in [2.24, 2.45) is 0 Å². The van der Waals surface area contributed by atoms with Crippen LogP contribution in [0, 0.1) is 11.3 Å². The lowest BCUT2D eigenvalue weighted by Crippen LogP contribution is -2.59. The summed E-state index contributed by atoms with van der Waals surface area (Å²) in [7, 11) is 0. The van der Waals surface area contributed by atoms with Crippen LogP contribution in [0.4, 0.5) is 4.79 Å². The Morgan fingerprint density at radius 1 is 1.24 bits per heavy atom. The SMILES string of the molecule is C[C@H](c1ccc(C(=O)O)cc1)N1C(=O)[C@H]2C[C@@H]1CN2C[C@H](NC(=O)OC(C)(C)C)C(=O)N1CCC[C@H]1C#N. The molecule has 38 heavy (non-hydrogen) atoms. The number of alkyl carbamates (subject to hydrolysis) is 1. The van der Waals surface area contributed by atoms with Crippen molar-refractivity contribution >= 4 is 23.9 Å². The third-order valence-electron chi connectivity index (χ3n) is 7.46. The number of carbonyl (C=O) groups excluding carboxylic acids is 3. The molecule has 11 nitrogen and oxygen atoms in total. The smallest absolute Gasteiger partial charge is 0.408 e. The van der Waals surface area contributed by atoms with E-state index in [1.807, 2.05) is 16.7 Å². The van der Waals surface area contributed by atoms with E-state index in [1.165, 1.54) is 17.0 Å². The molecule has 0 saturated carbocycles. The molecule has 3 aliphatic rings. The molecule has 3 amide bonds. The van der Waals surface area contributed by atoms with Gasteiger partial charge in [0.2, 0.25) is 11.8 Å². The van der Waals surface area contributed by atoms with Crippen molar-refractivity contribution < 1.29 is 29.0 Å². The topological polar surface area (TPSA) is 143 Å². The van der Waals surface area contributed by atoms with Crippen LogP contribution in [-0.4, -0.2) is 93.1 Å². The Labute approximate surface area is 222 Å². The summed E-state index contributed by atoms with van der Waals surface area (Å²) in [5, 5.41) is 21.3. The van der Waals surface area contributed by atoms with E-state index in [2.05, 4.69) is 11.4 Å². The molecule has 1 aromatic rings. The van der Waals surface area contributed by atoms with Gasteiger partial charge >= 0.3 is 12.1 Å². The first kappa shape index (κ1) is 27.4. The number of nitriles is 1. The molecule has 4 rings (SSSR count).